The Morgan fingerprint density at radius 3 is 2.50 bits per heavy atom. The number of pyridine rings is 1. The van der Waals surface area contributed by atoms with E-state index in [2.05, 4.69) is 10.7 Å². The summed E-state index contributed by atoms with van der Waals surface area (Å²) in [7, 11) is -3.92. The van der Waals surface area contributed by atoms with Crippen LogP contribution in [-0.2, 0) is 10.0 Å². The van der Waals surface area contributed by atoms with Crippen LogP contribution < -0.4 is 16.2 Å². The van der Waals surface area contributed by atoms with Gasteiger partial charge in [-0.3, -0.25) is 0 Å². The number of nitrogens with two attached hydrogens (primary N) is 2. The van der Waals surface area contributed by atoms with Crippen molar-refractivity contribution in [3.05, 3.63) is 18.3 Å². The molecular formula is C6H8N4O3S. The summed E-state index contributed by atoms with van der Waals surface area (Å²) in [4.78, 5) is 13.7. The lowest BCUT2D eigenvalue weighted by Crippen LogP contribution is -2.34. The number of hydrogen-bond donors (Lipinski definition) is 3. The summed E-state index contributed by atoms with van der Waals surface area (Å²) in [6, 6.07) is 1.37. The van der Waals surface area contributed by atoms with Gasteiger partial charge in [-0.1, -0.05) is 0 Å². The summed E-state index contributed by atoms with van der Waals surface area (Å²) in [5.41, 5.74) is 9.92. The second-order valence-corrected chi connectivity index (χ2v) is 4.07. The van der Waals surface area contributed by atoms with E-state index in [9.17, 15) is 13.2 Å². The van der Waals surface area contributed by atoms with E-state index in [4.69, 9.17) is 5.73 Å². The predicted octanol–water partition coefficient (Wildman–Crippen LogP) is -0.979. The third kappa shape index (κ3) is 2.33. The maximum Gasteiger partial charge on any atom is 0.326 e. The van der Waals surface area contributed by atoms with Crippen molar-refractivity contribution in [2.24, 2.45) is 5.73 Å². The lowest BCUT2D eigenvalue weighted by molar-refractivity contribution is 0.253. The van der Waals surface area contributed by atoms with Crippen LogP contribution in [0.4, 0.5) is 10.6 Å². The molecule has 0 saturated heterocycles. The van der Waals surface area contributed by atoms with Gasteiger partial charge < -0.3 is 11.5 Å². The van der Waals surface area contributed by atoms with Gasteiger partial charge in [0.25, 0.3) is 10.0 Å². The number of nitrogens with zero attached hydrogens (tertiary/aromatic N) is 1. The number of aromatic nitrogens is 1. The molecule has 0 spiro atoms. The van der Waals surface area contributed by atoms with E-state index in [0.29, 0.717) is 0 Å². The van der Waals surface area contributed by atoms with Gasteiger partial charge in [0.15, 0.2) is 0 Å². The quantitative estimate of drug-likeness (QED) is 0.585. The van der Waals surface area contributed by atoms with Crippen molar-refractivity contribution >= 4 is 21.9 Å². The predicted molar refractivity (Wildman–Crippen MR) is 48.6 cm³/mol. The molecule has 0 fully saturated rings. The Bertz CT molecular complexity index is 439. The SMILES string of the molecule is NC(=O)NS(=O)(=O)c1ccc(N)nc1. The molecule has 0 aliphatic heterocycles. The fourth-order valence-electron chi connectivity index (χ4n) is 0.742. The van der Waals surface area contributed by atoms with Gasteiger partial charge >= 0.3 is 6.03 Å². The summed E-state index contributed by atoms with van der Waals surface area (Å²) < 4.78 is 24.1. The number of anilines is 1. The molecule has 0 bridgehead atoms. The van der Waals surface area contributed by atoms with Gasteiger partial charge in [-0.15, -0.1) is 0 Å². The number of urea groups is 1. The number of nitrogens with one attached hydrogen (secondary N) is 1. The molecule has 0 aliphatic carbocycles. The lowest BCUT2D eigenvalue weighted by Gasteiger charge is -2.03. The standard InChI is InChI=1S/C6H8N4O3S/c7-5-2-1-4(3-9-5)14(12,13)10-6(8)11/h1-3H,(H2,7,9)(H3,8,10,11). The largest absolute Gasteiger partial charge is 0.384 e. The molecule has 1 aromatic heterocycles. The topological polar surface area (TPSA) is 128 Å². The molecule has 1 rings (SSSR count). The highest BCUT2D eigenvalue weighted by molar-refractivity contribution is 7.90. The van der Waals surface area contributed by atoms with Crippen LogP contribution in [0, 0.1) is 0 Å². The van der Waals surface area contributed by atoms with Crippen molar-refractivity contribution < 1.29 is 13.2 Å². The second-order valence-electron chi connectivity index (χ2n) is 2.39. The minimum absolute atomic E-state index is 0.175. The van der Waals surface area contributed by atoms with Gasteiger partial charge in [-0.05, 0) is 12.1 Å². The maximum atomic E-state index is 11.3. The van der Waals surface area contributed by atoms with Crippen LogP contribution in [0.3, 0.4) is 0 Å². The number of hydrogen-bond acceptors (Lipinski definition) is 5. The first-order valence-corrected chi connectivity index (χ1v) is 4.94. The summed E-state index contributed by atoms with van der Waals surface area (Å²) in [6.07, 6.45) is 1.03. The molecule has 0 radical (unpaired) electrons. The summed E-state index contributed by atoms with van der Waals surface area (Å²) in [6.45, 7) is 0. The fraction of sp³-hybridized carbons (Fsp3) is 0. The van der Waals surface area contributed by atoms with Crippen molar-refractivity contribution in [2.75, 3.05) is 5.73 Å². The van der Waals surface area contributed by atoms with Crippen LogP contribution in [0.5, 0.6) is 0 Å². The van der Waals surface area contributed by atoms with Crippen LogP contribution in [0.2, 0.25) is 0 Å². The number of nitrogen functional groups attached to an aromatic ring is 1. The smallest absolute Gasteiger partial charge is 0.326 e. The zero-order chi connectivity index (χ0) is 10.8. The lowest BCUT2D eigenvalue weighted by atomic mass is 10.5. The first kappa shape index (κ1) is 10.3. The van der Waals surface area contributed by atoms with Gasteiger partial charge in [-0.25, -0.2) is 22.9 Å². The van der Waals surface area contributed by atoms with E-state index in [1.165, 1.54) is 12.1 Å². The van der Waals surface area contributed by atoms with Crippen LogP contribution in [0.25, 0.3) is 0 Å². The molecule has 0 unspecified atom stereocenters. The Labute approximate surface area is 80.2 Å². The number of rotatable bonds is 2. The molecule has 0 aliphatic rings. The molecular weight excluding hydrogens is 208 g/mol. The minimum Gasteiger partial charge on any atom is -0.384 e. The highest BCUT2D eigenvalue weighted by atomic mass is 32.2. The van der Waals surface area contributed by atoms with Crippen LogP contribution in [-0.4, -0.2) is 19.4 Å². The van der Waals surface area contributed by atoms with E-state index in [1.807, 2.05) is 0 Å². The molecule has 76 valence electrons. The fourth-order valence-corrected chi connectivity index (χ4v) is 1.56. The average Bonchev–Trinajstić information content (AvgIpc) is 2.02. The first-order valence-electron chi connectivity index (χ1n) is 3.45. The second kappa shape index (κ2) is 3.50. The highest BCUT2D eigenvalue weighted by Crippen LogP contribution is 2.07. The molecule has 1 aromatic rings. The van der Waals surface area contributed by atoms with E-state index < -0.39 is 16.1 Å². The Kier molecular flexibility index (Phi) is 2.56. The van der Waals surface area contributed by atoms with Gasteiger partial charge in [0.1, 0.15) is 10.7 Å². The number of carbonyl (C=O) groups excluding carboxylic acids is 1. The molecule has 1 heterocycles. The average molecular weight is 216 g/mol. The van der Waals surface area contributed by atoms with E-state index in [0.717, 1.165) is 6.20 Å². The summed E-state index contributed by atoms with van der Waals surface area (Å²) in [5.74, 6) is 0.183. The van der Waals surface area contributed by atoms with Gasteiger partial charge in [-0.2, -0.15) is 0 Å². The van der Waals surface area contributed by atoms with Gasteiger partial charge in [0.2, 0.25) is 0 Å². The van der Waals surface area contributed by atoms with Crippen molar-refractivity contribution in [1.29, 1.82) is 0 Å². The molecule has 0 aromatic carbocycles. The zero-order valence-corrected chi connectivity index (χ0v) is 7.78. The molecule has 0 saturated carbocycles. The Morgan fingerprint density at radius 2 is 2.07 bits per heavy atom. The summed E-state index contributed by atoms with van der Waals surface area (Å²) in [5, 5.41) is 0. The van der Waals surface area contributed by atoms with E-state index in [1.54, 1.807) is 4.72 Å². The monoisotopic (exact) mass is 216 g/mol. The first-order chi connectivity index (χ1) is 6.42. The Morgan fingerprint density at radius 1 is 1.43 bits per heavy atom. The van der Waals surface area contributed by atoms with Gasteiger partial charge in [0.05, 0.1) is 0 Å². The molecule has 8 heteroatoms. The normalized spacial score (nSPS) is 10.9. The molecule has 2 amide bonds. The number of amides is 2. The Balaban J connectivity index is 3.05. The van der Waals surface area contributed by atoms with Crippen LogP contribution in [0.15, 0.2) is 23.2 Å². The zero-order valence-electron chi connectivity index (χ0n) is 6.97. The van der Waals surface area contributed by atoms with Crippen molar-refractivity contribution in [3.8, 4) is 0 Å². The van der Waals surface area contributed by atoms with Crippen LogP contribution >= 0.6 is 0 Å². The maximum absolute atomic E-state index is 11.3. The van der Waals surface area contributed by atoms with E-state index in [-0.39, 0.29) is 10.7 Å². The minimum atomic E-state index is -3.92. The van der Waals surface area contributed by atoms with Crippen molar-refractivity contribution in [2.45, 2.75) is 4.90 Å². The van der Waals surface area contributed by atoms with Crippen molar-refractivity contribution in [1.82, 2.24) is 9.71 Å². The molecule has 5 N–H and O–H groups in total. The van der Waals surface area contributed by atoms with Gasteiger partial charge in [0, 0.05) is 6.20 Å². The Hall–Kier alpha value is -1.83. The third-order valence-electron chi connectivity index (χ3n) is 1.30. The summed E-state index contributed by atoms with van der Waals surface area (Å²) >= 11 is 0. The third-order valence-corrected chi connectivity index (χ3v) is 2.64. The molecule has 0 atom stereocenters. The van der Waals surface area contributed by atoms with Crippen LogP contribution in [0.1, 0.15) is 0 Å². The number of primary amides is 1. The molecule has 7 nitrogen and oxygen atoms in total. The number of carbonyl (C=O) groups is 1. The van der Waals surface area contributed by atoms with E-state index >= 15 is 0 Å². The molecule has 14 heavy (non-hydrogen) atoms. The number of sulfonamides is 1. The highest BCUT2D eigenvalue weighted by Gasteiger charge is 2.15. The van der Waals surface area contributed by atoms with Crippen molar-refractivity contribution in [3.63, 3.8) is 0 Å².